The molecule has 1 fully saturated rings. The molecule has 1 aromatic carbocycles. The number of nitrogens with zero attached hydrogens (tertiary/aromatic N) is 4. The van der Waals surface area contributed by atoms with Gasteiger partial charge in [0.15, 0.2) is 11.5 Å². The molecule has 1 aliphatic rings. The summed E-state index contributed by atoms with van der Waals surface area (Å²) < 4.78 is 7.00. The Bertz CT molecular complexity index is 896. The highest BCUT2D eigenvalue weighted by atomic mass is 16.5. The molecule has 2 heterocycles. The van der Waals surface area contributed by atoms with E-state index in [0.717, 1.165) is 18.4 Å². The molecule has 1 atom stereocenters. The normalized spacial score (nSPS) is 20.4. The Labute approximate surface area is 149 Å². The zero-order chi connectivity index (χ0) is 18.1. The minimum atomic E-state index is -0.620. The van der Waals surface area contributed by atoms with E-state index >= 15 is 0 Å². The first-order valence-corrected chi connectivity index (χ1v) is 8.53. The molecule has 4 rings (SSSR count). The van der Waals surface area contributed by atoms with Crippen LogP contribution in [0.5, 0.6) is 0 Å². The van der Waals surface area contributed by atoms with Gasteiger partial charge in [0.2, 0.25) is 0 Å². The summed E-state index contributed by atoms with van der Waals surface area (Å²) >= 11 is 0. The first-order valence-electron chi connectivity index (χ1n) is 8.53. The minimum Gasteiger partial charge on any atom is -0.387 e. The highest BCUT2D eigenvalue weighted by Gasteiger charge is 2.34. The number of carbonyl (C=O) groups excluding carboxylic acids is 1. The van der Waals surface area contributed by atoms with E-state index in [2.05, 4.69) is 20.8 Å². The standard InChI is InChI=1S/C18H19N5O3/c1-11(24)16-10-19-22-23(16)14-7-13(8-14)20-18(25)15-9-17(26-21-15)12-5-3-2-4-6-12/h2-6,9-11,13-14,24H,7-8H2,1H3,(H,20,25)/t11-,13-,14-/m0/s1. The molecule has 0 bridgehead atoms. The number of nitrogens with one attached hydrogen (secondary N) is 1. The number of aliphatic hydroxyl groups excluding tert-OH is 1. The number of hydrogen-bond donors (Lipinski definition) is 2. The van der Waals surface area contributed by atoms with Crippen LogP contribution in [0.2, 0.25) is 0 Å². The lowest BCUT2D eigenvalue weighted by molar-refractivity contribution is 0.0870. The molecule has 134 valence electrons. The maximum atomic E-state index is 12.4. The Morgan fingerprint density at radius 1 is 1.35 bits per heavy atom. The van der Waals surface area contributed by atoms with E-state index in [-0.39, 0.29) is 23.7 Å². The third kappa shape index (κ3) is 3.11. The molecule has 0 spiro atoms. The topological polar surface area (TPSA) is 106 Å². The average molecular weight is 353 g/mol. The second-order valence-corrected chi connectivity index (χ2v) is 6.52. The van der Waals surface area contributed by atoms with Crippen LogP contribution in [0.4, 0.5) is 0 Å². The van der Waals surface area contributed by atoms with Crippen molar-refractivity contribution < 1.29 is 14.4 Å². The van der Waals surface area contributed by atoms with Gasteiger partial charge in [-0.15, -0.1) is 5.10 Å². The Morgan fingerprint density at radius 3 is 2.85 bits per heavy atom. The van der Waals surface area contributed by atoms with E-state index in [9.17, 15) is 9.90 Å². The SMILES string of the molecule is C[C@H](O)c1cnnn1[C@H]1C[C@H](NC(=O)c2cc(-c3ccccc3)on2)C1. The van der Waals surface area contributed by atoms with Gasteiger partial charge in [0.25, 0.3) is 5.91 Å². The van der Waals surface area contributed by atoms with Gasteiger partial charge in [-0.25, -0.2) is 4.68 Å². The molecule has 8 heteroatoms. The molecule has 0 unspecified atom stereocenters. The van der Waals surface area contributed by atoms with E-state index in [1.165, 1.54) is 0 Å². The van der Waals surface area contributed by atoms with E-state index in [1.54, 1.807) is 23.9 Å². The zero-order valence-electron chi connectivity index (χ0n) is 14.2. The van der Waals surface area contributed by atoms with Gasteiger partial charge in [0.05, 0.1) is 24.0 Å². The summed E-state index contributed by atoms with van der Waals surface area (Å²) in [5, 5.41) is 24.4. The van der Waals surface area contributed by atoms with Crippen LogP contribution < -0.4 is 5.32 Å². The fourth-order valence-corrected chi connectivity index (χ4v) is 3.12. The maximum Gasteiger partial charge on any atom is 0.273 e. The fourth-order valence-electron chi connectivity index (χ4n) is 3.12. The quantitative estimate of drug-likeness (QED) is 0.728. The number of benzene rings is 1. The number of amides is 1. The molecule has 1 saturated carbocycles. The third-order valence-corrected chi connectivity index (χ3v) is 4.63. The molecule has 0 radical (unpaired) electrons. The first-order chi connectivity index (χ1) is 12.6. The van der Waals surface area contributed by atoms with Gasteiger partial charge in [-0.3, -0.25) is 4.79 Å². The van der Waals surface area contributed by atoms with Gasteiger partial charge in [-0.05, 0) is 19.8 Å². The average Bonchev–Trinajstić information content (AvgIpc) is 3.27. The third-order valence-electron chi connectivity index (χ3n) is 4.63. The Morgan fingerprint density at radius 2 is 2.12 bits per heavy atom. The summed E-state index contributed by atoms with van der Waals surface area (Å²) in [5.74, 6) is 0.306. The van der Waals surface area contributed by atoms with Crippen LogP contribution in [0.3, 0.4) is 0 Å². The van der Waals surface area contributed by atoms with Crippen molar-refractivity contribution in [3.8, 4) is 11.3 Å². The summed E-state index contributed by atoms with van der Waals surface area (Å²) in [6.07, 6.45) is 2.42. The summed E-state index contributed by atoms with van der Waals surface area (Å²) in [5.41, 5.74) is 1.82. The summed E-state index contributed by atoms with van der Waals surface area (Å²) in [6, 6.07) is 11.3. The predicted octanol–water partition coefficient (Wildman–Crippen LogP) is 2.12. The van der Waals surface area contributed by atoms with E-state index in [1.807, 2.05) is 30.3 Å². The summed E-state index contributed by atoms with van der Waals surface area (Å²) in [7, 11) is 0. The zero-order valence-corrected chi connectivity index (χ0v) is 14.2. The lowest BCUT2D eigenvalue weighted by Crippen LogP contribution is -2.45. The first kappa shape index (κ1) is 16.5. The van der Waals surface area contributed by atoms with Crippen LogP contribution in [-0.4, -0.2) is 37.2 Å². The van der Waals surface area contributed by atoms with Crippen molar-refractivity contribution >= 4 is 5.91 Å². The molecule has 8 nitrogen and oxygen atoms in total. The minimum absolute atomic E-state index is 0.0374. The van der Waals surface area contributed by atoms with E-state index in [0.29, 0.717) is 11.5 Å². The number of rotatable bonds is 5. The smallest absolute Gasteiger partial charge is 0.273 e. The van der Waals surface area contributed by atoms with Crippen LogP contribution >= 0.6 is 0 Å². The Balaban J connectivity index is 1.36. The van der Waals surface area contributed by atoms with Crippen LogP contribution in [0.25, 0.3) is 11.3 Å². The van der Waals surface area contributed by atoms with Crippen LogP contribution in [0.15, 0.2) is 47.1 Å². The second-order valence-electron chi connectivity index (χ2n) is 6.52. The van der Waals surface area contributed by atoms with Gasteiger partial charge < -0.3 is 14.9 Å². The van der Waals surface area contributed by atoms with Crippen LogP contribution in [0.1, 0.15) is 48.1 Å². The van der Waals surface area contributed by atoms with E-state index in [4.69, 9.17) is 4.52 Å². The predicted molar refractivity (Wildman–Crippen MR) is 92.1 cm³/mol. The molecule has 26 heavy (non-hydrogen) atoms. The van der Waals surface area contributed by atoms with Crippen molar-refractivity contribution in [1.29, 1.82) is 0 Å². The monoisotopic (exact) mass is 353 g/mol. The van der Waals surface area contributed by atoms with E-state index < -0.39 is 6.10 Å². The largest absolute Gasteiger partial charge is 0.387 e. The molecular formula is C18H19N5O3. The van der Waals surface area contributed by atoms with Crippen molar-refractivity contribution in [2.24, 2.45) is 0 Å². The van der Waals surface area contributed by atoms with Crippen LogP contribution in [0, 0.1) is 0 Å². The van der Waals surface area contributed by atoms with Crippen LogP contribution in [-0.2, 0) is 0 Å². The lowest BCUT2D eigenvalue weighted by atomic mass is 9.86. The number of carbonyl (C=O) groups is 1. The van der Waals surface area contributed by atoms with Gasteiger partial charge in [0.1, 0.15) is 0 Å². The van der Waals surface area contributed by atoms with Gasteiger partial charge in [-0.2, -0.15) is 0 Å². The molecule has 1 aliphatic carbocycles. The van der Waals surface area contributed by atoms with Gasteiger partial charge in [-0.1, -0.05) is 40.7 Å². The Hall–Kier alpha value is -3.00. The molecule has 2 aromatic heterocycles. The molecule has 3 aromatic rings. The highest BCUT2D eigenvalue weighted by Crippen LogP contribution is 2.33. The van der Waals surface area contributed by atoms with Crippen molar-refractivity contribution in [2.45, 2.75) is 38.0 Å². The maximum absolute atomic E-state index is 12.4. The molecule has 0 aliphatic heterocycles. The van der Waals surface area contributed by atoms with Crippen molar-refractivity contribution in [3.63, 3.8) is 0 Å². The number of aliphatic hydroxyl groups is 1. The second kappa shape index (κ2) is 6.72. The summed E-state index contributed by atoms with van der Waals surface area (Å²) in [4.78, 5) is 12.4. The lowest BCUT2D eigenvalue weighted by Gasteiger charge is -2.36. The summed E-state index contributed by atoms with van der Waals surface area (Å²) in [6.45, 7) is 1.68. The van der Waals surface area contributed by atoms with Gasteiger partial charge >= 0.3 is 0 Å². The highest BCUT2D eigenvalue weighted by molar-refractivity contribution is 5.93. The molecule has 0 saturated heterocycles. The number of hydrogen-bond acceptors (Lipinski definition) is 6. The molecule has 2 N–H and O–H groups in total. The fraction of sp³-hybridized carbons (Fsp3) is 0.333. The molecular weight excluding hydrogens is 334 g/mol. The molecule has 1 amide bonds. The van der Waals surface area contributed by atoms with Gasteiger partial charge in [0, 0.05) is 17.7 Å². The Kier molecular flexibility index (Phi) is 4.26. The number of aromatic nitrogens is 4. The van der Waals surface area contributed by atoms with Crippen molar-refractivity contribution in [3.05, 3.63) is 54.0 Å². The van der Waals surface area contributed by atoms with Crippen molar-refractivity contribution in [2.75, 3.05) is 0 Å². The van der Waals surface area contributed by atoms with Crippen molar-refractivity contribution in [1.82, 2.24) is 25.5 Å².